The summed E-state index contributed by atoms with van der Waals surface area (Å²) < 4.78 is 19.9. The van der Waals surface area contributed by atoms with Crippen LogP contribution >= 0.6 is 0 Å². The van der Waals surface area contributed by atoms with Gasteiger partial charge in [0, 0.05) is 12.7 Å². The lowest BCUT2D eigenvalue weighted by molar-refractivity contribution is 0.0265. The third-order valence-corrected chi connectivity index (χ3v) is 3.93. The van der Waals surface area contributed by atoms with Crippen molar-refractivity contribution in [3.8, 4) is 0 Å². The molecule has 0 aromatic heterocycles. The Hall–Kier alpha value is -3.52. The van der Waals surface area contributed by atoms with Crippen molar-refractivity contribution in [2.75, 3.05) is 33.5 Å². The molecule has 0 aliphatic heterocycles. The van der Waals surface area contributed by atoms with Crippen LogP contribution in [0, 0.1) is 0 Å². The van der Waals surface area contributed by atoms with Gasteiger partial charge < -0.3 is 18.9 Å². The standard InChI is InChI=1S/C22H22O8/c1-15(23)16-6-8-17(9-7-16)20(24)29-12-13-30-22(26)19-5-3-4-18(14-19)21(25)28-11-10-27-2/h3-9,14H,10-13H2,1-2H3. The summed E-state index contributed by atoms with van der Waals surface area (Å²) in [5, 5.41) is 0. The molecule has 0 N–H and O–H groups in total. The topological polar surface area (TPSA) is 105 Å². The SMILES string of the molecule is COCCOC(=O)c1cccc(C(=O)OCCOC(=O)c2ccc(C(C)=O)cc2)c1. The molecule has 0 aliphatic rings. The molecule has 0 spiro atoms. The number of Topliss-reactive ketones (excluding diaryl/α,β-unsaturated/α-hetero) is 1. The molecule has 158 valence electrons. The Balaban J connectivity index is 1.80. The Labute approximate surface area is 173 Å². The van der Waals surface area contributed by atoms with Gasteiger partial charge in [0.25, 0.3) is 0 Å². The highest BCUT2D eigenvalue weighted by molar-refractivity contribution is 5.96. The molecule has 0 fully saturated rings. The lowest BCUT2D eigenvalue weighted by Gasteiger charge is -2.08. The van der Waals surface area contributed by atoms with Gasteiger partial charge in [-0.15, -0.1) is 0 Å². The molecule has 0 saturated heterocycles. The van der Waals surface area contributed by atoms with Crippen molar-refractivity contribution in [1.29, 1.82) is 0 Å². The maximum atomic E-state index is 12.1. The summed E-state index contributed by atoms with van der Waals surface area (Å²) in [7, 11) is 1.49. The molecule has 30 heavy (non-hydrogen) atoms. The number of methoxy groups -OCH3 is 1. The summed E-state index contributed by atoms with van der Waals surface area (Å²) in [4.78, 5) is 47.2. The van der Waals surface area contributed by atoms with E-state index in [9.17, 15) is 19.2 Å². The van der Waals surface area contributed by atoms with Gasteiger partial charge in [0.1, 0.15) is 19.8 Å². The van der Waals surface area contributed by atoms with Gasteiger partial charge in [0.15, 0.2) is 5.78 Å². The minimum atomic E-state index is -0.664. The minimum absolute atomic E-state index is 0.103. The van der Waals surface area contributed by atoms with Gasteiger partial charge in [0.2, 0.25) is 0 Å². The summed E-state index contributed by atoms with van der Waals surface area (Å²) in [6.07, 6.45) is 0. The Morgan fingerprint density at radius 2 is 1.07 bits per heavy atom. The van der Waals surface area contributed by atoms with Crippen LogP contribution < -0.4 is 0 Å². The number of benzene rings is 2. The Morgan fingerprint density at radius 1 is 0.633 bits per heavy atom. The van der Waals surface area contributed by atoms with Crippen LogP contribution in [0.5, 0.6) is 0 Å². The predicted octanol–water partition coefficient (Wildman–Crippen LogP) is 2.71. The van der Waals surface area contributed by atoms with Crippen molar-refractivity contribution < 1.29 is 38.1 Å². The van der Waals surface area contributed by atoms with Crippen molar-refractivity contribution in [2.45, 2.75) is 6.92 Å². The number of hydrogen-bond donors (Lipinski definition) is 0. The lowest BCUT2D eigenvalue weighted by atomic mass is 10.1. The van der Waals surface area contributed by atoms with Crippen LogP contribution in [0.1, 0.15) is 48.4 Å². The van der Waals surface area contributed by atoms with E-state index in [0.717, 1.165) is 0 Å². The molecule has 0 bridgehead atoms. The molecule has 0 aliphatic carbocycles. The monoisotopic (exact) mass is 414 g/mol. The van der Waals surface area contributed by atoms with Crippen molar-refractivity contribution in [3.63, 3.8) is 0 Å². The molecule has 2 rings (SSSR count). The minimum Gasteiger partial charge on any atom is -0.460 e. The largest absolute Gasteiger partial charge is 0.460 e. The van der Waals surface area contributed by atoms with Crippen molar-refractivity contribution in [1.82, 2.24) is 0 Å². The van der Waals surface area contributed by atoms with E-state index < -0.39 is 17.9 Å². The molecule has 0 saturated carbocycles. The first-order valence-electron chi connectivity index (χ1n) is 9.13. The second-order valence-electron chi connectivity index (χ2n) is 6.11. The zero-order valence-electron chi connectivity index (χ0n) is 16.7. The van der Waals surface area contributed by atoms with Gasteiger partial charge >= 0.3 is 17.9 Å². The zero-order chi connectivity index (χ0) is 21.9. The van der Waals surface area contributed by atoms with E-state index in [0.29, 0.717) is 5.56 Å². The third-order valence-electron chi connectivity index (χ3n) is 3.93. The first-order chi connectivity index (χ1) is 14.4. The van der Waals surface area contributed by atoms with E-state index in [4.69, 9.17) is 18.9 Å². The molecule has 2 aromatic carbocycles. The summed E-state index contributed by atoms with van der Waals surface area (Å²) >= 11 is 0. The van der Waals surface area contributed by atoms with Crippen molar-refractivity contribution in [2.24, 2.45) is 0 Å². The fourth-order valence-electron chi connectivity index (χ4n) is 2.35. The van der Waals surface area contributed by atoms with Gasteiger partial charge in [-0.2, -0.15) is 0 Å². The third kappa shape index (κ3) is 6.82. The number of hydrogen-bond acceptors (Lipinski definition) is 8. The van der Waals surface area contributed by atoms with Crippen molar-refractivity contribution >= 4 is 23.7 Å². The average Bonchev–Trinajstić information content (AvgIpc) is 2.76. The van der Waals surface area contributed by atoms with E-state index in [1.54, 1.807) is 0 Å². The quantitative estimate of drug-likeness (QED) is 0.253. The molecule has 0 amide bonds. The molecule has 2 aromatic rings. The summed E-state index contributed by atoms with van der Waals surface area (Å²) in [6.45, 7) is 1.51. The number of carbonyl (C=O) groups excluding carboxylic acids is 4. The van der Waals surface area contributed by atoms with Crippen LogP contribution in [0.25, 0.3) is 0 Å². The Kier molecular flexibility index (Phi) is 8.71. The Morgan fingerprint density at radius 3 is 1.53 bits per heavy atom. The van der Waals surface area contributed by atoms with Crippen LogP contribution in [0.4, 0.5) is 0 Å². The van der Waals surface area contributed by atoms with E-state index >= 15 is 0 Å². The van der Waals surface area contributed by atoms with E-state index in [-0.39, 0.29) is 48.9 Å². The number of rotatable bonds is 10. The van der Waals surface area contributed by atoms with Gasteiger partial charge in [-0.05, 0) is 37.3 Å². The van der Waals surface area contributed by atoms with Gasteiger partial charge in [-0.25, -0.2) is 14.4 Å². The molecule has 8 nitrogen and oxygen atoms in total. The molecule has 0 atom stereocenters. The average molecular weight is 414 g/mol. The highest BCUT2D eigenvalue weighted by Gasteiger charge is 2.13. The maximum absolute atomic E-state index is 12.1. The zero-order valence-corrected chi connectivity index (χ0v) is 16.7. The highest BCUT2D eigenvalue weighted by atomic mass is 16.6. The van der Waals surface area contributed by atoms with Crippen LogP contribution in [0.15, 0.2) is 48.5 Å². The molecular formula is C22H22O8. The predicted molar refractivity (Wildman–Crippen MR) is 106 cm³/mol. The van der Waals surface area contributed by atoms with Crippen LogP contribution in [-0.2, 0) is 18.9 Å². The highest BCUT2D eigenvalue weighted by Crippen LogP contribution is 2.09. The second kappa shape index (κ2) is 11.5. The number of ketones is 1. The van der Waals surface area contributed by atoms with Crippen LogP contribution in [-0.4, -0.2) is 57.2 Å². The fourth-order valence-corrected chi connectivity index (χ4v) is 2.35. The molecule has 0 unspecified atom stereocenters. The van der Waals surface area contributed by atoms with Gasteiger partial charge in [0.05, 0.1) is 23.3 Å². The number of ether oxygens (including phenoxy) is 4. The van der Waals surface area contributed by atoms with Crippen LogP contribution in [0.3, 0.4) is 0 Å². The molecular weight excluding hydrogens is 392 g/mol. The molecule has 0 heterocycles. The van der Waals surface area contributed by atoms with E-state index in [1.165, 1.54) is 62.6 Å². The second-order valence-corrected chi connectivity index (χ2v) is 6.11. The summed E-state index contributed by atoms with van der Waals surface area (Å²) in [5.41, 5.74) is 1.15. The maximum Gasteiger partial charge on any atom is 0.338 e. The van der Waals surface area contributed by atoms with Crippen molar-refractivity contribution in [3.05, 3.63) is 70.8 Å². The van der Waals surface area contributed by atoms with Gasteiger partial charge in [-0.1, -0.05) is 18.2 Å². The Bertz CT molecular complexity index is 902. The number of carbonyl (C=O) groups is 4. The normalized spacial score (nSPS) is 10.2. The van der Waals surface area contributed by atoms with Gasteiger partial charge in [-0.3, -0.25) is 4.79 Å². The van der Waals surface area contributed by atoms with E-state index in [2.05, 4.69) is 0 Å². The molecule has 8 heteroatoms. The smallest absolute Gasteiger partial charge is 0.338 e. The van der Waals surface area contributed by atoms with E-state index in [1.807, 2.05) is 0 Å². The first kappa shape index (κ1) is 22.8. The fraction of sp³-hybridized carbons (Fsp3) is 0.273. The summed E-state index contributed by atoms with van der Waals surface area (Å²) in [6, 6.07) is 12.0. The lowest BCUT2D eigenvalue weighted by Crippen LogP contribution is -2.15. The summed E-state index contributed by atoms with van der Waals surface area (Å²) in [5.74, 6) is -1.94. The number of esters is 3. The molecule has 0 radical (unpaired) electrons. The van der Waals surface area contributed by atoms with Crippen LogP contribution in [0.2, 0.25) is 0 Å². The first-order valence-corrected chi connectivity index (χ1v) is 9.13.